The first-order chi connectivity index (χ1) is 14.7. The summed E-state index contributed by atoms with van der Waals surface area (Å²) in [5.41, 5.74) is 0. The third-order valence-corrected chi connectivity index (χ3v) is 6.37. The van der Waals surface area contributed by atoms with Gasteiger partial charge in [-0.3, -0.25) is 29.1 Å². The maximum Gasteiger partial charge on any atom is 0.310 e. The Balaban J connectivity index is 1.51. The lowest BCUT2D eigenvalue weighted by molar-refractivity contribution is -0.245. The summed E-state index contributed by atoms with van der Waals surface area (Å²) in [6.07, 6.45) is 0.873. The second-order valence-electron chi connectivity index (χ2n) is 9.15. The van der Waals surface area contributed by atoms with Gasteiger partial charge in [-0.1, -0.05) is 6.92 Å². The summed E-state index contributed by atoms with van der Waals surface area (Å²) in [6.45, 7) is 12.6. The van der Waals surface area contributed by atoms with Crippen LogP contribution in [0.25, 0.3) is 0 Å². The maximum absolute atomic E-state index is 12.5. The molecule has 3 aliphatic heterocycles. The Morgan fingerprint density at radius 3 is 1.42 bits per heavy atom. The summed E-state index contributed by atoms with van der Waals surface area (Å²) in [5, 5.41) is 0. The first kappa shape index (κ1) is 23.9. The minimum Gasteiger partial charge on any atom is -0.457 e. The highest BCUT2D eigenvalue weighted by Crippen LogP contribution is 2.24. The van der Waals surface area contributed by atoms with E-state index in [4.69, 9.17) is 14.2 Å². The van der Waals surface area contributed by atoms with E-state index in [0.29, 0.717) is 37.8 Å². The van der Waals surface area contributed by atoms with E-state index in [1.54, 1.807) is 6.92 Å². The summed E-state index contributed by atoms with van der Waals surface area (Å²) < 4.78 is 16.6. The van der Waals surface area contributed by atoms with Crippen molar-refractivity contribution >= 4 is 17.9 Å². The quantitative estimate of drug-likeness (QED) is 0.223. The molecule has 6 unspecified atom stereocenters. The van der Waals surface area contributed by atoms with Crippen LogP contribution in [0.2, 0.25) is 0 Å². The summed E-state index contributed by atoms with van der Waals surface area (Å²) in [7, 11) is 0. The molecule has 0 radical (unpaired) electrons. The van der Waals surface area contributed by atoms with Crippen LogP contribution >= 0.6 is 0 Å². The molecule has 0 saturated carbocycles. The van der Waals surface area contributed by atoms with E-state index in [2.05, 4.69) is 35.5 Å². The van der Waals surface area contributed by atoms with Gasteiger partial charge in [0.05, 0.1) is 19.3 Å². The molecule has 3 saturated heterocycles. The molecule has 0 N–H and O–H groups in total. The molecule has 0 amide bonds. The Morgan fingerprint density at radius 1 is 0.742 bits per heavy atom. The molecular weight excluding hydrogens is 402 g/mol. The van der Waals surface area contributed by atoms with Crippen molar-refractivity contribution < 1.29 is 28.6 Å². The topological polar surface area (TPSA) is 87.9 Å². The zero-order chi connectivity index (χ0) is 22.6. The molecule has 9 heteroatoms. The van der Waals surface area contributed by atoms with Gasteiger partial charge in [0.2, 0.25) is 0 Å². The Morgan fingerprint density at radius 2 is 1.10 bits per heavy atom. The lowest BCUT2D eigenvalue weighted by Crippen LogP contribution is -2.45. The molecule has 0 spiro atoms. The second kappa shape index (κ2) is 10.3. The highest BCUT2D eigenvalue weighted by atomic mass is 16.7. The van der Waals surface area contributed by atoms with Crippen molar-refractivity contribution in [1.29, 1.82) is 0 Å². The predicted molar refractivity (Wildman–Crippen MR) is 113 cm³/mol. The van der Waals surface area contributed by atoms with E-state index in [9.17, 15) is 14.4 Å². The highest BCUT2D eigenvalue weighted by molar-refractivity contribution is 5.73. The SMILES string of the molecule is CCC(COC(=O)CCN1CC1C)(OC(=O)CCN1CC1C)OC(=O)CCN1CC1C. The van der Waals surface area contributed by atoms with Crippen molar-refractivity contribution in [3.05, 3.63) is 0 Å². The van der Waals surface area contributed by atoms with E-state index < -0.39 is 17.7 Å². The smallest absolute Gasteiger partial charge is 0.310 e. The van der Waals surface area contributed by atoms with E-state index in [0.717, 1.165) is 19.6 Å². The number of esters is 3. The van der Waals surface area contributed by atoms with Gasteiger partial charge in [-0.2, -0.15) is 0 Å². The van der Waals surface area contributed by atoms with Crippen LogP contribution in [-0.4, -0.2) is 102 Å². The second-order valence-corrected chi connectivity index (χ2v) is 9.15. The number of hydrogen-bond donors (Lipinski definition) is 0. The largest absolute Gasteiger partial charge is 0.457 e. The third-order valence-electron chi connectivity index (χ3n) is 6.37. The van der Waals surface area contributed by atoms with Crippen LogP contribution < -0.4 is 0 Å². The first-order valence-electron chi connectivity index (χ1n) is 11.5. The van der Waals surface area contributed by atoms with E-state index in [1.807, 2.05) is 0 Å². The van der Waals surface area contributed by atoms with Crippen molar-refractivity contribution in [2.24, 2.45) is 0 Å². The minimum absolute atomic E-state index is 0.204. The summed E-state index contributed by atoms with van der Waals surface area (Å²) >= 11 is 0. The van der Waals surface area contributed by atoms with Crippen LogP contribution in [0.3, 0.4) is 0 Å². The zero-order valence-electron chi connectivity index (χ0n) is 19.3. The van der Waals surface area contributed by atoms with Crippen LogP contribution in [0.4, 0.5) is 0 Å². The average Bonchev–Trinajstić information content (AvgIpc) is 3.66. The van der Waals surface area contributed by atoms with E-state index in [1.165, 1.54) is 0 Å². The van der Waals surface area contributed by atoms with Crippen LogP contribution in [0, 0.1) is 0 Å². The van der Waals surface area contributed by atoms with Crippen LogP contribution in [-0.2, 0) is 28.6 Å². The minimum atomic E-state index is -1.58. The first-order valence-corrected chi connectivity index (χ1v) is 11.5. The van der Waals surface area contributed by atoms with Gasteiger partial charge in [0, 0.05) is 63.8 Å². The fraction of sp³-hybridized carbons (Fsp3) is 0.864. The normalized spacial score (nSPS) is 32.5. The van der Waals surface area contributed by atoms with Gasteiger partial charge in [0.15, 0.2) is 6.61 Å². The number of carbonyl (C=O) groups excluding carboxylic acids is 3. The molecule has 3 rings (SSSR count). The molecule has 31 heavy (non-hydrogen) atoms. The Labute approximate surface area is 184 Å². The van der Waals surface area contributed by atoms with Gasteiger partial charge in [-0.15, -0.1) is 0 Å². The maximum atomic E-state index is 12.5. The van der Waals surface area contributed by atoms with Crippen molar-refractivity contribution in [3.63, 3.8) is 0 Å². The fourth-order valence-electron chi connectivity index (χ4n) is 3.62. The van der Waals surface area contributed by atoms with Gasteiger partial charge in [-0.05, 0) is 20.8 Å². The molecule has 0 aliphatic carbocycles. The Hall–Kier alpha value is -1.71. The Kier molecular flexibility index (Phi) is 7.93. The van der Waals surface area contributed by atoms with Gasteiger partial charge in [-0.25, -0.2) is 0 Å². The molecule has 3 fully saturated rings. The summed E-state index contributed by atoms with van der Waals surface area (Å²) in [4.78, 5) is 43.6. The van der Waals surface area contributed by atoms with Gasteiger partial charge in [0.25, 0.3) is 5.79 Å². The lowest BCUT2D eigenvalue weighted by Gasteiger charge is -2.31. The molecule has 0 aromatic rings. The summed E-state index contributed by atoms with van der Waals surface area (Å²) in [5.74, 6) is -2.88. The molecule has 0 aromatic carbocycles. The van der Waals surface area contributed by atoms with Crippen molar-refractivity contribution in [1.82, 2.24) is 14.7 Å². The van der Waals surface area contributed by atoms with E-state index in [-0.39, 0.29) is 38.3 Å². The van der Waals surface area contributed by atoms with Crippen molar-refractivity contribution in [2.45, 2.75) is 77.3 Å². The van der Waals surface area contributed by atoms with Gasteiger partial charge in [0.1, 0.15) is 0 Å². The molecular formula is C22H37N3O6. The van der Waals surface area contributed by atoms with Crippen molar-refractivity contribution in [2.75, 3.05) is 45.9 Å². The number of nitrogens with zero attached hydrogens (tertiary/aromatic N) is 3. The molecule has 176 valence electrons. The number of ether oxygens (including phenoxy) is 3. The molecule has 3 heterocycles. The number of carbonyl (C=O) groups is 3. The summed E-state index contributed by atoms with van der Waals surface area (Å²) in [6, 6.07) is 1.50. The number of rotatable bonds is 14. The molecule has 9 nitrogen and oxygen atoms in total. The zero-order valence-corrected chi connectivity index (χ0v) is 19.3. The average molecular weight is 440 g/mol. The molecule has 3 aliphatic rings. The van der Waals surface area contributed by atoms with Crippen LogP contribution in [0.1, 0.15) is 53.4 Å². The van der Waals surface area contributed by atoms with Crippen LogP contribution in [0.5, 0.6) is 0 Å². The molecule has 0 aromatic heterocycles. The van der Waals surface area contributed by atoms with E-state index >= 15 is 0 Å². The predicted octanol–water partition coefficient (Wildman–Crippen LogP) is 1.00. The standard InChI is InChI=1S/C22H37N3O6/c1-5-22(30-20(27)7-10-24-13-17(24)3,31-21(28)8-11-25-14-18(25)4)15-29-19(26)6-9-23-12-16(23)2/h16-18H,5-15H2,1-4H3. The lowest BCUT2D eigenvalue weighted by atomic mass is 10.2. The molecule has 0 bridgehead atoms. The van der Waals surface area contributed by atoms with Gasteiger partial charge >= 0.3 is 17.9 Å². The highest BCUT2D eigenvalue weighted by Gasteiger charge is 2.40. The third kappa shape index (κ3) is 7.73. The monoisotopic (exact) mass is 439 g/mol. The molecule has 6 atom stereocenters. The fourth-order valence-corrected chi connectivity index (χ4v) is 3.62. The van der Waals surface area contributed by atoms with Crippen LogP contribution in [0.15, 0.2) is 0 Å². The Bertz CT molecular complexity index is 638. The van der Waals surface area contributed by atoms with Crippen molar-refractivity contribution in [3.8, 4) is 0 Å². The van der Waals surface area contributed by atoms with Gasteiger partial charge < -0.3 is 14.2 Å². The number of hydrogen-bond acceptors (Lipinski definition) is 9.